The largest absolute Gasteiger partial charge is 0.315 e. The minimum Gasteiger partial charge on any atom is -0.315 e. The molecule has 0 spiro atoms. The van der Waals surface area contributed by atoms with Gasteiger partial charge in [0.05, 0.1) is 0 Å². The SMILES string of the molecule is Cn1c(Br)nc(Br)c1Br.[Au]. The number of nitrogens with zero attached hydrogens (tertiary/aromatic N) is 2. The molecule has 6 heteroatoms. The molecule has 0 saturated carbocycles. The minimum absolute atomic E-state index is 0. The second-order valence-electron chi connectivity index (χ2n) is 1.52. The predicted molar refractivity (Wildman–Crippen MR) is 46.3 cm³/mol. The van der Waals surface area contributed by atoms with E-state index in [9.17, 15) is 0 Å². The van der Waals surface area contributed by atoms with Gasteiger partial charge in [0, 0.05) is 29.4 Å². The van der Waals surface area contributed by atoms with Crippen molar-refractivity contribution in [3.8, 4) is 0 Å². The Kier molecular flexibility index (Phi) is 5.04. The maximum absolute atomic E-state index is 4.06. The third kappa shape index (κ3) is 2.19. The number of hydrogen-bond donors (Lipinski definition) is 0. The second-order valence-corrected chi connectivity index (χ2v) is 3.73. The normalized spacial score (nSPS) is 9.20. The number of aromatic nitrogens is 2. The maximum atomic E-state index is 4.06. The fourth-order valence-electron chi connectivity index (χ4n) is 0.422. The molecule has 2 nitrogen and oxygen atoms in total. The van der Waals surface area contributed by atoms with E-state index < -0.39 is 0 Å². The van der Waals surface area contributed by atoms with Crippen LogP contribution in [-0.2, 0) is 29.4 Å². The van der Waals surface area contributed by atoms with Crippen molar-refractivity contribution in [2.45, 2.75) is 0 Å². The average Bonchev–Trinajstić information content (AvgIpc) is 1.98. The van der Waals surface area contributed by atoms with Crippen LogP contribution in [-0.4, -0.2) is 9.55 Å². The summed E-state index contributed by atoms with van der Waals surface area (Å²) >= 11 is 9.84. The molecule has 1 aromatic rings. The molecule has 0 aliphatic heterocycles. The first kappa shape index (κ1) is 11.4. The summed E-state index contributed by atoms with van der Waals surface area (Å²) in [5, 5.41) is 0. The van der Waals surface area contributed by atoms with E-state index in [1.54, 1.807) is 0 Å². The van der Waals surface area contributed by atoms with Crippen LogP contribution in [0.5, 0.6) is 0 Å². The van der Waals surface area contributed by atoms with Gasteiger partial charge in [0.25, 0.3) is 0 Å². The van der Waals surface area contributed by atoms with Crippen LogP contribution < -0.4 is 0 Å². The Labute approximate surface area is 99.7 Å². The van der Waals surface area contributed by atoms with Crippen LogP contribution in [0.2, 0.25) is 0 Å². The van der Waals surface area contributed by atoms with Gasteiger partial charge in [-0.3, -0.25) is 0 Å². The summed E-state index contributed by atoms with van der Waals surface area (Å²) in [7, 11) is 1.91. The molecule has 0 atom stereocenters. The number of hydrogen-bond acceptors (Lipinski definition) is 1. The second kappa shape index (κ2) is 4.42. The van der Waals surface area contributed by atoms with Crippen molar-refractivity contribution in [3.63, 3.8) is 0 Å². The Morgan fingerprint density at radius 1 is 1.30 bits per heavy atom. The van der Waals surface area contributed by atoms with Gasteiger partial charge in [0.15, 0.2) is 4.73 Å². The Morgan fingerprint density at radius 3 is 1.90 bits per heavy atom. The van der Waals surface area contributed by atoms with Gasteiger partial charge in [0.1, 0.15) is 9.21 Å². The van der Waals surface area contributed by atoms with Crippen molar-refractivity contribution in [2.75, 3.05) is 0 Å². The molecule has 1 heterocycles. The van der Waals surface area contributed by atoms with Crippen LogP contribution in [0.4, 0.5) is 0 Å². The van der Waals surface area contributed by atoms with Gasteiger partial charge >= 0.3 is 0 Å². The zero-order valence-corrected chi connectivity index (χ0v) is 11.8. The van der Waals surface area contributed by atoms with Crippen molar-refractivity contribution in [1.82, 2.24) is 9.55 Å². The van der Waals surface area contributed by atoms with Gasteiger partial charge in [-0.05, 0) is 47.8 Å². The summed E-state index contributed by atoms with van der Waals surface area (Å²) in [6.07, 6.45) is 0. The van der Waals surface area contributed by atoms with Crippen LogP contribution in [0.1, 0.15) is 0 Å². The van der Waals surface area contributed by atoms with Gasteiger partial charge in [-0.25, -0.2) is 4.98 Å². The first-order valence-corrected chi connectivity index (χ1v) is 4.54. The van der Waals surface area contributed by atoms with Gasteiger partial charge in [0.2, 0.25) is 0 Å². The molecule has 0 unspecified atom stereocenters. The van der Waals surface area contributed by atoms with E-state index in [0.29, 0.717) is 0 Å². The van der Waals surface area contributed by atoms with E-state index in [4.69, 9.17) is 0 Å². The summed E-state index contributed by atoms with van der Waals surface area (Å²) in [5.41, 5.74) is 0. The summed E-state index contributed by atoms with van der Waals surface area (Å²) in [6, 6.07) is 0. The van der Waals surface area contributed by atoms with E-state index in [2.05, 4.69) is 52.8 Å². The molecule has 0 aliphatic carbocycles. The number of imidazole rings is 1. The molecule has 10 heavy (non-hydrogen) atoms. The number of halogens is 3. The Hall–Kier alpha value is 1.39. The van der Waals surface area contributed by atoms with E-state index in [1.165, 1.54) is 0 Å². The summed E-state index contributed by atoms with van der Waals surface area (Å²) in [5.74, 6) is 0. The summed E-state index contributed by atoms with van der Waals surface area (Å²) < 4.78 is 4.44. The van der Waals surface area contributed by atoms with Crippen molar-refractivity contribution >= 4 is 47.8 Å². The third-order valence-corrected chi connectivity index (χ3v) is 3.63. The number of rotatable bonds is 0. The fourth-order valence-corrected chi connectivity index (χ4v) is 1.94. The molecule has 0 saturated heterocycles. The van der Waals surface area contributed by atoms with Gasteiger partial charge < -0.3 is 4.57 Å². The van der Waals surface area contributed by atoms with Crippen LogP contribution in [0.15, 0.2) is 13.9 Å². The Morgan fingerprint density at radius 2 is 1.80 bits per heavy atom. The maximum Gasteiger partial charge on any atom is 0.178 e. The molecule has 0 aliphatic rings. The third-order valence-electron chi connectivity index (χ3n) is 0.932. The summed E-state index contributed by atoms with van der Waals surface area (Å²) in [4.78, 5) is 4.06. The van der Waals surface area contributed by atoms with Crippen molar-refractivity contribution in [3.05, 3.63) is 13.9 Å². The monoisotopic (exact) mass is 513 g/mol. The van der Waals surface area contributed by atoms with E-state index in [-0.39, 0.29) is 22.4 Å². The van der Waals surface area contributed by atoms with Gasteiger partial charge in [-0.15, -0.1) is 0 Å². The van der Waals surface area contributed by atoms with Crippen LogP contribution in [0.3, 0.4) is 0 Å². The Balaban J connectivity index is 0.000000810. The fraction of sp³-hybridized carbons (Fsp3) is 0.250. The first-order valence-electron chi connectivity index (χ1n) is 2.16. The Bertz CT molecular complexity index is 212. The topological polar surface area (TPSA) is 17.8 Å². The molecule has 0 N–H and O–H groups in total. The standard InChI is InChI=1S/C4H3Br3N2.Au/c1-9-3(6)2(5)8-4(9)7;/h1H3;. The zero-order chi connectivity index (χ0) is 7.02. The predicted octanol–water partition coefficient (Wildman–Crippen LogP) is 2.71. The van der Waals surface area contributed by atoms with E-state index in [0.717, 1.165) is 13.9 Å². The quantitative estimate of drug-likeness (QED) is 0.486. The van der Waals surface area contributed by atoms with E-state index in [1.807, 2.05) is 11.6 Å². The first-order chi connectivity index (χ1) is 4.13. The van der Waals surface area contributed by atoms with Crippen LogP contribution >= 0.6 is 47.8 Å². The van der Waals surface area contributed by atoms with Gasteiger partial charge in [-0.1, -0.05) is 0 Å². The minimum atomic E-state index is 0. The van der Waals surface area contributed by atoms with Crippen molar-refractivity contribution in [1.29, 1.82) is 0 Å². The zero-order valence-electron chi connectivity index (χ0n) is 4.83. The molecule has 0 aromatic carbocycles. The molecule has 1 aromatic heterocycles. The molecular formula is C4H3AuBr3N2. The van der Waals surface area contributed by atoms with E-state index >= 15 is 0 Å². The molecule has 1 radical (unpaired) electrons. The smallest absolute Gasteiger partial charge is 0.178 e. The molecule has 0 bridgehead atoms. The van der Waals surface area contributed by atoms with Crippen LogP contribution in [0.25, 0.3) is 0 Å². The summed E-state index contributed by atoms with van der Waals surface area (Å²) in [6.45, 7) is 0. The molecular weight excluding hydrogens is 513 g/mol. The molecule has 0 fully saturated rings. The average molecular weight is 516 g/mol. The molecule has 1 rings (SSSR count). The molecule has 0 amide bonds. The van der Waals surface area contributed by atoms with Gasteiger partial charge in [-0.2, -0.15) is 0 Å². The van der Waals surface area contributed by atoms with Crippen LogP contribution in [0, 0.1) is 0 Å². The van der Waals surface area contributed by atoms with Crippen molar-refractivity contribution in [2.24, 2.45) is 7.05 Å². The molecule has 61 valence electrons. The van der Waals surface area contributed by atoms with Crippen molar-refractivity contribution < 1.29 is 22.4 Å².